The molecular formula is C18H18F3N3O2S. The number of halogens is 3. The van der Waals surface area contributed by atoms with Crippen LogP contribution in [0.4, 0.5) is 18.9 Å². The van der Waals surface area contributed by atoms with Gasteiger partial charge in [0.1, 0.15) is 11.1 Å². The standard InChI is InChI=1S/C18H18F3N3O2S/c1-3-27-17-23-15-12(8-9-22-16(15)25-2)10-24(17)13-4-6-14(7-5-13)26-11-18(19,20)21/h4-10,17H,3,11H2,1-2H3. The van der Waals surface area contributed by atoms with Gasteiger partial charge in [-0.1, -0.05) is 6.92 Å². The van der Waals surface area contributed by atoms with E-state index in [2.05, 4.69) is 4.98 Å². The van der Waals surface area contributed by atoms with E-state index in [1.807, 2.05) is 24.1 Å². The minimum Gasteiger partial charge on any atom is -0.484 e. The SMILES string of the molecule is CCSC1N=c2c(OC)nccc2=CN1c1ccc(OCC(F)(F)F)cc1. The van der Waals surface area contributed by atoms with Crippen LogP contribution in [0.1, 0.15) is 6.92 Å². The molecule has 2 heterocycles. The molecule has 144 valence electrons. The zero-order chi connectivity index (χ0) is 19.4. The predicted molar refractivity (Wildman–Crippen MR) is 98.4 cm³/mol. The van der Waals surface area contributed by atoms with E-state index >= 15 is 0 Å². The van der Waals surface area contributed by atoms with Gasteiger partial charge in [-0.15, -0.1) is 11.8 Å². The third-order valence-electron chi connectivity index (χ3n) is 3.72. The third kappa shape index (κ3) is 4.65. The summed E-state index contributed by atoms with van der Waals surface area (Å²) in [5.41, 5.74) is 0.563. The predicted octanol–water partition coefficient (Wildman–Crippen LogP) is 2.95. The molecule has 0 saturated carbocycles. The summed E-state index contributed by atoms with van der Waals surface area (Å²) < 4.78 is 46.9. The van der Waals surface area contributed by atoms with E-state index in [0.717, 1.165) is 16.7 Å². The van der Waals surface area contributed by atoms with Crippen molar-refractivity contribution < 1.29 is 22.6 Å². The van der Waals surface area contributed by atoms with Crippen LogP contribution in [0.25, 0.3) is 6.20 Å². The summed E-state index contributed by atoms with van der Waals surface area (Å²) in [5.74, 6) is 1.46. The fraction of sp³-hybridized carbons (Fsp3) is 0.333. The maximum atomic E-state index is 12.3. The second-order valence-electron chi connectivity index (χ2n) is 5.60. The molecule has 0 spiro atoms. The average molecular weight is 397 g/mol. The van der Waals surface area contributed by atoms with Gasteiger partial charge in [0.2, 0.25) is 5.88 Å². The van der Waals surface area contributed by atoms with E-state index in [1.165, 1.54) is 12.1 Å². The first-order valence-corrected chi connectivity index (χ1v) is 9.24. The highest BCUT2D eigenvalue weighted by Crippen LogP contribution is 2.28. The lowest BCUT2D eigenvalue weighted by molar-refractivity contribution is -0.153. The molecule has 0 bridgehead atoms. The molecule has 2 aromatic rings. The third-order valence-corrected chi connectivity index (χ3v) is 4.69. The zero-order valence-electron chi connectivity index (χ0n) is 14.7. The second kappa shape index (κ2) is 8.08. The molecular weight excluding hydrogens is 379 g/mol. The number of hydrogen-bond acceptors (Lipinski definition) is 6. The van der Waals surface area contributed by atoms with Crippen molar-refractivity contribution in [1.29, 1.82) is 0 Å². The molecule has 1 aliphatic rings. The number of pyridine rings is 1. The first kappa shape index (κ1) is 19.3. The van der Waals surface area contributed by atoms with Crippen LogP contribution in [-0.4, -0.2) is 36.1 Å². The first-order chi connectivity index (χ1) is 12.9. The molecule has 1 atom stereocenters. The highest BCUT2D eigenvalue weighted by atomic mass is 32.2. The molecule has 1 unspecified atom stereocenters. The van der Waals surface area contributed by atoms with E-state index < -0.39 is 12.8 Å². The van der Waals surface area contributed by atoms with Gasteiger partial charge in [-0.25, -0.2) is 9.98 Å². The molecule has 5 nitrogen and oxygen atoms in total. The molecule has 9 heteroatoms. The first-order valence-electron chi connectivity index (χ1n) is 8.19. The fourth-order valence-electron chi connectivity index (χ4n) is 2.57. The summed E-state index contributed by atoms with van der Waals surface area (Å²) >= 11 is 1.62. The highest BCUT2D eigenvalue weighted by Gasteiger charge is 2.28. The molecule has 1 aromatic heterocycles. The Bertz CT molecular complexity index is 904. The van der Waals surface area contributed by atoms with Gasteiger partial charge in [0.15, 0.2) is 12.1 Å². The van der Waals surface area contributed by atoms with Gasteiger partial charge < -0.3 is 14.4 Å². The lowest BCUT2D eigenvalue weighted by atomic mass is 10.2. The van der Waals surface area contributed by atoms with Gasteiger partial charge in [0.25, 0.3) is 0 Å². The molecule has 0 radical (unpaired) electrons. The van der Waals surface area contributed by atoms with E-state index in [4.69, 9.17) is 14.5 Å². The quantitative estimate of drug-likeness (QED) is 0.750. The highest BCUT2D eigenvalue weighted by molar-refractivity contribution is 7.99. The normalized spacial score (nSPS) is 16.2. The Morgan fingerprint density at radius 1 is 1.19 bits per heavy atom. The molecule has 0 N–H and O–H groups in total. The number of aromatic nitrogens is 1. The minimum absolute atomic E-state index is 0.163. The largest absolute Gasteiger partial charge is 0.484 e. The van der Waals surface area contributed by atoms with Crippen LogP contribution in [0, 0.1) is 0 Å². The summed E-state index contributed by atoms with van der Waals surface area (Å²) in [6, 6.07) is 8.30. The van der Waals surface area contributed by atoms with Crippen molar-refractivity contribution in [1.82, 2.24) is 4.98 Å². The molecule has 0 saturated heterocycles. The molecule has 27 heavy (non-hydrogen) atoms. The Morgan fingerprint density at radius 2 is 1.93 bits per heavy atom. The molecule has 0 fully saturated rings. The lowest BCUT2D eigenvalue weighted by Crippen LogP contribution is -2.41. The van der Waals surface area contributed by atoms with Crippen LogP contribution in [0.2, 0.25) is 0 Å². The van der Waals surface area contributed by atoms with Crippen LogP contribution < -0.4 is 24.9 Å². The van der Waals surface area contributed by atoms with Crippen LogP contribution in [0.15, 0.2) is 41.5 Å². The van der Waals surface area contributed by atoms with Gasteiger partial charge in [0.05, 0.1) is 7.11 Å². The van der Waals surface area contributed by atoms with Gasteiger partial charge in [-0.05, 0) is 36.1 Å². The Kier molecular flexibility index (Phi) is 5.79. The lowest BCUT2D eigenvalue weighted by Gasteiger charge is -2.29. The smallest absolute Gasteiger partial charge is 0.422 e. The Morgan fingerprint density at radius 3 is 2.56 bits per heavy atom. The summed E-state index contributed by atoms with van der Waals surface area (Å²) in [7, 11) is 1.55. The second-order valence-corrected chi connectivity index (χ2v) is 6.94. The Balaban J connectivity index is 1.91. The van der Waals surface area contributed by atoms with Crippen LogP contribution in [0.3, 0.4) is 0 Å². The van der Waals surface area contributed by atoms with Crippen molar-refractivity contribution in [3.63, 3.8) is 0 Å². The van der Waals surface area contributed by atoms with Crippen molar-refractivity contribution in [3.05, 3.63) is 47.1 Å². The fourth-order valence-corrected chi connectivity index (χ4v) is 3.39. The zero-order valence-corrected chi connectivity index (χ0v) is 15.5. The molecule has 3 rings (SSSR count). The van der Waals surface area contributed by atoms with Gasteiger partial charge >= 0.3 is 6.18 Å². The maximum absolute atomic E-state index is 12.3. The molecule has 1 aromatic carbocycles. The summed E-state index contributed by atoms with van der Waals surface area (Å²) in [4.78, 5) is 10.9. The van der Waals surface area contributed by atoms with Crippen molar-refractivity contribution in [2.75, 3.05) is 24.4 Å². The average Bonchev–Trinajstić information content (AvgIpc) is 2.65. The number of ether oxygens (including phenoxy) is 2. The summed E-state index contributed by atoms with van der Waals surface area (Å²) in [6.07, 6.45) is -0.785. The van der Waals surface area contributed by atoms with E-state index in [9.17, 15) is 13.2 Å². The number of fused-ring (bicyclic) bond motifs is 1. The molecule has 0 aliphatic carbocycles. The minimum atomic E-state index is -4.36. The van der Waals surface area contributed by atoms with Crippen LogP contribution in [0.5, 0.6) is 11.6 Å². The molecule has 1 aliphatic heterocycles. The topological polar surface area (TPSA) is 47.0 Å². The number of alkyl halides is 3. The van der Waals surface area contributed by atoms with Gasteiger partial charge in [-0.2, -0.15) is 13.2 Å². The number of hydrogen-bond donors (Lipinski definition) is 0. The van der Waals surface area contributed by atoms with E-state index in [1.54, 1.807) is 37.2 Å². The van der Waals surface area contributed by atoms with Crippen LogP contribution in [-0.2, 0) is 0 Å². The number of rotatable bonds is 6. The Labute approximate surface area is 158 Å². The van der Waals surface area contributed by atoms with Crippen molar-refractivity contribution in [3.8, 4) is 11.6 Å². The van der Waals surface area contributed by atoms with Crippen molar-refractivity contribution in [2.24, 2.45) is 4.99 Å². The van der Waals surface area contributed by atoms with Crippen LogP contribution >= 0.6 is 11.8 Å². The number of nitrogens with zero attached hydrogens (tertiary/aromatic N) is 3. The van der Waals surface area contributed by atoms with Gasteiger partial charge in [0, 0.05) is 23.3 Å². The summed E-state index contributed by atoms with van der Waals surface area (Å²) in [6.45, 7) is 0.717. The monoisotopic (exact) mass is 397 g/mol. The number of methoxy groups -OCH3 is 1. The molecule has 0 amide bonds. The van der Waals surface area contributed by atoms with Crippen molar-refractivity contribution in [2.45, 2.75) is 18.6 Å². The van der Waals surface area contributed by atoms with Crippen molar-refractivity contribution >= 4 is 23.6 Å². The van der Waals surface area contributed by atoms with Gasteiger partial charge in [-0.3, -0.25) is 0 Å². The summed E-state index contributed by atoms with van der Waals surface area (Å²) in [5, 5.41) is 1.54. The number of thioether (sulfide) groups is 1. The number of anilines is 1. The van der Waals surface area contributed by atoms with E-state index in [-0.39, 0.29) is 11.2 Å². The van der Waals surface area contributed by atoms with E-state index in [0.29, 0.717) is 11.2 Å². The number of benzene rings is 1. The Hall–Kier alpha value is -2.42. The maximum Gasteiger partial charge on any atom is 0.422 e.